The Balaban J connectivity index is 1.80. The fourth-order valence-electron chi connectivity index (χ4n) is 2.40. The van der Waals surface area contributed by atoms with E-state index >= 15 is 0 Å². The third-order valence-electron chi connectivity index (χ3n) is 3.58. The fourth-order valence-corrected chi connectivity index (χ4v) is 3.43. The average molecular weight is 286 g/mol. The first kappa shape index (κ1) is 13.5. The molecule has 1 aliphatic heterocycles. The van der Waals surface area contributed by atoms with Crippen molar-refractivity contribution in [3.8, 4) is 5.75 Å². The van der Waals surface area contributed by atoms with Crippen molar-refractivity contribution in [2.75, 3.05) is 5.75 Å². The van der Waals surface area contributed by atoms with Gasteiger partial charge >= 0.3 is 0 Å². The summed E-state index contributed by atoms with van der Waals surface area (Å²) in [5.74, 6) is 1.65. The highest BCUT2D eigenvalue weighted by atomic mass is 32.2. The van der Waals surface area contributed by atoms with Gasteiger partial charge in [-0.3, -0.25) is 0 Å². The van der Waals surface area contributed by atoms with Gasteiger partial charge in [0.25, 0.3) is 0 Å². The van der Waals surface area contributed by atoms with E-state index in [2.05, 4.69) is 25.1 Å². The highest BCUT2D eigenvalue weighted by molar-refractivity contribution is 7.99. The van der Waals surface area contributed by atoms with Crippen molar-refractivity contribution in [2.24, 2.45) is 0 Å². The molecule has 3 heteroatoms. The zero-order chi connectivity index (χ0) is 13.9. The van der Waals surface area contributed by atoms with Gasteiger partial charge in [0, 0.05) is 10.6 Å². The maximum absolute atomic E-state index is 10.6. The van der Waals surface area contributed by atoms with Crippen LogP contribution in [0.3, 0.4) is 0 Å². The molecule has 0 bridgehead atoms. The molecule has 2 aromatic rings. The van der Waals surface area contributed by atoms with E-state index in [1.54, 1.807) is 11.8 Å². The van der Waals surface area contributed by atoms with Gasteiger partial charge in [0.1, 0.15) is 18.0 Å². The van der Waals surface area contributed by atoms with Gasteiger partial charge in [0.2, 0.25) is 0 Å². The lowest BCUT2D eigenvalue weighted by molar-refractivity contribution is 0.0457. The van der Waals surface area contributed by atoms with E-state index in [1.165, 1.54) is 5.56 Å². The average Bonchev–Trinajstić information content (AvgIpc) is 2.53. The lowest BCUT2D eigenvalue weighted by Gasteiger charge is -2.29. The van der Waals surface area contributed by atoms with E-state index in [4.69, 9.17) is 4.74 Å². The van der Waals surface area contributed by atoms with Gasteiger partial charge in [-0.25, -0.2) is 0 Å². The van der Waals surface area contributed by atoms with E-state index < -0.39 is 6.10 Å². The molecule has 2 unspecified atom stereocenters. The molecule has 104 valence electrons. The van der Waals surface area contributed by atoms with Crippen LogP contribution in [0.1, 0.15) is 24.2 Å². The topological polar surface area (TPSA) is 29.5 Å². The first-order chi connectivity index (χ1) is 9.78. The highest BCUT2D eigenvalue weighted by Gasteiger charge is 2.27. The minimum atomic E-state index is -0.581. The maximum Gasteiger partial charge on any atom is 0.138 e. The first-order valence-electron chi connectivity index (χ1n) is 6.93. The molecule has 20 heavy (non-hydrogen) atoms. The minimum absolute atomic E-state index is 0.193. The fraction of sp³-hybridized carbons (Fsp3) is 0.294. The summed E-state index contributed by atoms with van der Waals surface area (Å²) in [5.41, 5.74) is 2.18. The molecule has 1 aliphatic rings. The molecule has 1 heterocycles. The Morgan fingerprint density at radius 2 is 2.10 bits per heavy atom. The number of aliphatic hydroxyl groups excluding tert-OH is 1. The van der Waals surface area contributed by atoms with Crippen LogP contribution >= 0.6 is 11.8 Å². The third-order valence-corrected chi connectivity index (χ3v) is 4.73. The number of thioether (sulfide) groups is 1. The Labute approximate surface area is 123 Å². The van der Waals surface area contributed by atoms with Crippen LogP contribution in [-0.4, -0.2) is 17.0 Å². The summed E-state index contributed by atoms with van der Waals surface area (Å²) in [6, 6.07) is 16.1. The predicted molar refractivity (Wildman–Crippen MR) is 82.4 cm³/mol. The van der Waals surface area contributed by atoms with Crippen molar-refractivity contribution in [3.63, 3.8) is 0 Å². The second-order valence-electron chi connectivity index (χ2n) is 4.96. The number of para-hydroxylation sites is 1. The number of rotatable bonds is 3. The SMILES string of the molecule is CCc1cccc(C(O)C2CSc3ccccc3O2)c1. The number of fused-ring (bicyclic) bond motifs is 1. The van der Waals surface area contributed by atoms with Crippen LogP contribution in [0.25, 0.3) is 0 Å². The molecule has 2 atom stereocenters. The standard InChI is InChI=1S/C17H18O2S/c1-2-12-6-5-7-13(10-12)17(18)15-11-20-16-9-4-3-8-14(16)19-15/h3-10,15,17-18H,2,11H2,1H3. The van der Waals surface area contributed by atoms with Crippen molar-refractivity contribution in [2.45, 2.75) is 30.4 Å². The zero-order valence-corrected chi connectivity index (χ0v) is 12.3. The van der Waals surface area contributed by atoms with E-state index in [0.29, 0.717) is 0 Å². The van der Waals surface area contributed by atoms with Crippen LogP contribution in [0.4, 0.5) is 0 Å². The van der Waals surface area contributed by atoms with Crippen molar-refractivity contribution in [3.05, 3.63) is 59.7 Å². The minimum Gasteiger partial charge on any atom is -0.485 e. The lowest BCUT2D eigenvalue weighted by atomic mass is 10.0. The molecule has 3 rings (SSSR count). The Hall–Kier alpha value is -1.45. The van der Waals surface area contributed by atoms with Gasteiger partial charge in [-0.2, -0.15) is 0 Å². The molecule has 0 spiro atoms. The van der Waals surface area contributed by atoms with E-state index in [1.807, 2.05) is 30.3 Å². The smallest absolute Gasteiger partial charge is 0.138 e. The molecule has 0 radical (unpaired) electrons. The van der Waals surface area contributed by atoms with Crippen LogP contribution in [0.15, 0.2) is 53.4 Å². The molecular formula is C17H18O2S. The quantitative estimate of drug-likeness (QED) is 0.929. The third kappa shape index (κ3) is 2.69. The second kappa shape index (κ2) is 5.90. The van der Waals surface area contributed by atoms with Gasteiger partial charge in [0.05, 0.1) is 0 Å². The van der Waals surface area contributed by atoms with Gasteiger partial charge in [-0.1, -0.05) is 43.3 Å². The molecule has 0 saturated heterocycles. The van der Waals surface area contributed by atoms with Crippen molar-refractivity contribution in [1.82, 2.24) is 0 Å². The number of benzene rings is 2. The van der Waals surface area contributed by atoms with Crippen LogP contribution in [-0.2, 0) is 6.42 Å². The number of aliphatic hydroxyl groups is 1. The summed E-state index contributed by atoms with van der Waals surface area (Å²) in [4.78, 5) is 1.15. The summed E-state index contributed by atoms with van der Waals surface area (Å²) >= 11 is 1.74. The summed E-state index contributed by atoms with van der Waals surface area (Å²) in [5, 5.41) is 10.6. The first-order valence-corrected chi connectivity index (χ1v) is 7.92. The lowest BCUT2D eigenvalue weighted by Crippen LogP contribution is -2.30. The molecule has 0 aliphatic carbocycles. The molecule has 0 saturated carbocycles. The molecule has 1 N–H and O–H groups in total. The van der Waals surface area contributed by atoms with Crippen LogP contribution in [0.2, 0.25) is 0 Å². The Bertz CT molecular complexity index is 597. The van der Waals surface area contributed by atoms with Crippen molar-refractivity contribution in [1.29, 1.82) is 0 Å². The zero-order valence-electron chi connectivity index (χ0n) is 11.5. The normalized spacial score (nSPS) is 19.0. The number of aryl methyl sites for hydroxylation is 1. The number of hydrogen-bond donors (Lipinski definition) is 1. The van der Waals surface area contributed by atoms with E-state index in [0.717, 1.165) is 28.4 Å². The van der Waals surface area contributed by atoms with Gasteiger partial charge in [-0.05, 0) is 29.7 Å². The molecule has 0 aromatic heterocycles. The Morgan fingerprint density at radius 1 is 1.25 bits per heavy atom. The van der Waals surface area contributed by atoms with Crippen LogP contribution in [0, 0.1) is 0 Å². The van der Waals surface area contributed by atoms with Gasteiger partial charge in [0.15, 0.2) is 0 Å². The molecule has 2 nitrogen and oxygen atoms in total. The summed E-state index contributed by atoms with van der Waals surface area (Å²) in [7, 11) is 0. The molecular weight excluding hydrogens is 268 g/mol. The van der Waals surface area contributed by atoms with Crippen molar-refractivity contribution < 1.29 is 9.84 Å². The van der Waals surface area contributed by atoms with E-state index in [-0.39, 0.29) is 6.10 Å². The predicted octanol–water partition coefficient (Wildman–Crippen LogP) is 3.84. The van der Waals surface area contributed by atoms with Crippen LogP contribution < -0.4 is 4.74 Å². The Morgan fingerprint density at radius 3 is 2.95 bits per heavy atom. The highest BCUT2D eigenvalue weighted by Crippen LogP contribution is 2.38. The maximum atomic E-state index is 10.6. The number of hydrogen-bond acceptors (Lipinski definition) is 3. The second-order valence-corrected chi connectivity index (χ2v) is 6.02. The molecule has 2 aromatic carbocycles. The van der Waals surface area contributed by atoms with Gasteiger partial charge in [-0.15, -0.1) is 11.8 Å². The summed E-state index contributed by atoms with van der Waals surface area (Å²) < 4.78 is 5.95. The van der Waals surface area contributed by atoms with Crippen molar-refractivity contribution >= 4 is 11.8 Å². The largest absolute Gasteiger partial charge is 0.485 e. The molecule has 0 amide bonds. The molecule has 0 fully saturated rings. The summed E-state index contributed by atoms with van der Waals surface area (Å²) in [6.07, 6.45) is 0.202. The number of ether oxygens (including phenoxy) is 1. The monoisotopic (exact) mass is 286 g/mol. The Kier molecular flexibility index (Phi) is 3.99. The van der Waals surface area contributed by atoms with Crippen LogP contribution in [0.5, 0.6) is 5.75 Å². The van der Waals surface area contributed by atoms with E-state index in [9.17, 15) is 5.11 Å². The summed E-state index contributed by atoms with van der Waals surface area (Å²) in [6.45, 7) is 2.12. The van der Waals surface area contributed by atoms with Gasteiger partial charge < -0.3 is 9.84 Å².